The van der Waals surface area contributed by atoms with Crippen LogP contribution in [0.15, 0.2) is 42.5 Å². The molecular weight excluding hydrogens is 382 g/mol. The van der Waals surface area contributed by atoms with Crippen molar-refractivity contribution in [2.75, 3.05) is 20.8 Å². The molecule has 0 aliphatic rings. The zero-order valence-electron chi connectivity index (χ0n) is 16.2. The van der Waals surface area contributed by atoms with Crippen LogP contribution < -0.4 is 25.8 Å². The lowest BCUT2D eigenvalue weighted by atomic mass is 10.0. The Labute approximate surface area is 171 Å². The Balaban J connectivity index is 0.00000392. The van der Waals surface area contributed by atoms with Crippen LogP contribution in [0.5, 0.6) is 11.5 Å². The molecule has 0 aromatic heterocycles. The molecule has 2 aromatic rings. The number of methoxy groups -OCH3 is 2. The Kier molecular flexibility index (Phi) is 9.27. The second-order valence-electron chi connectivity index (χ2n) is 5.95. The Hall–Kier alpha value is -2.77. The fourth-order valence-corrected chi connectivity index (χ4v) is 2.64. The highest BCUT2D eigenvalue weighted by atomic mass is 35.5. The largest absolute Gasteiger partial charge is 0.493 e. The molecule has 7 nitrogen and oxygen atoms in total. The van der Waals surface area contributed by atoms with E-state index in [0.29, 0.717) is 17.1 Å². The number of nitrogens with one attached hydrogen (secondary N) is 2. The topological polar surface area (TPSA) is 103 Å². The smallest absolute Gasteiger partial charge is 0.252 e. The van der Waals surface area contributed by atoms with Crippen LogP contribution in [0.25, 0.3) is 0 Å². The molecule has 0 aliphatic carbocycles. The van der Waals surface area contributed by atoms with Crippen LogP contribution in [0, 0.1) is 0 Å². The molecule has 0 fully saturated rings. The Morgan fingerprint density at radius 2 is 1.75 bits per heavy atom. The first-order valence-corrected chi connectivity index (χ1v) is 8.57. The second-order valence-corrected chi connectivity index (χ2v) is 5.95. The molecule has 0 saturated heterocycles. The summed E-state index contributed by atoms with van der Waals surface area (Å²) in [4.78, 5) is 24.1. The molecule has 0 bridgehead atoms. The number of halogens is 1. The number of amides is 2. The summed E-state index contributed by atoms with van der Waals surface area (Å²) in [6.45, 7) is 2.03. The molecule has 2 rings (SSSR count). The van der Waals surface area contributed by atoms with E-state index in [-0.39, 0.29) is 43.4 Å². The molecule has 2 amide bonds. The minimum Gasteiger partial charge on any atom is -0.493 e. The normalized spacial score (nSPS) is 11.0. The Bertz CT molecular complexity index is 814. The van der Waals surface area contributed by atoms with Gasteiger partial charge in [-0.05, 0) is 36.2 Å². The highest BCUT2D eigenvalue weighted by Crippen LogP contribution is 2.30. The van der Waals surface area contributed by atoms with Crippen molar-refractivity contribution < 1.29 is 19.1 Å². The number of carbonyl (C=O) groups excluding carboxylic acids is 2. The van der Waals surface area contributed by atoms with E-state index in [9.17, 15) is 9.59 Å². The molecule has 1 unspecified atom stereocenters. The average molecular weight is 408 g/mol. The van der Waals surface area contributed by atoms with Crippen LogP contribution in [0.4, 0.5) is 0 Å². The number of hydrogen-bond donors (Lipinski definition) is 3. The molecule has 0 heterocycles. The molecule has 4 N–H and O–H groups in total. The van der Waals surface area contributed by atoms with Gasteiger partial charge in [-0.3, -0.25) is 9.59 Å². The third-order valence-electron chi connectivity index (χ3n) is 4.18. The van der Waals surface area contributed by atoms with Crippen LogP contribution in [-0.4, -0.2) is 32.6 Å². The quantitative estimate of drug-likeness (QED) is 0.622. The standard InChI is InChI=1S/C20H25N3O4.ClH/c1-13(14-8-9-17(26-2)18(10-14)27-3)23-20(25)16-7-5-4-6-15(16)12-22-19(24)11-21;/h4-10,13H,11-12,21H2,1-3H3,(H,22,24)(H,23,25);1H. The molecule has 152 valence electrons. The van der Waals surface area contributed by atoms with Crippen molar-refractivity contribution in [1.29, 1.82) is 0 Å². The molecule has 8 heteroatoms. The molecule has 1 atom stereocenters. The maximum atomic E-state index is 12.7. The van der Waals surface area contributed by atoms with E-state index in [1.54, 1.807) is 38.5 Å². The van der Waals surface area contributed by atoms with Crippen molar-refractivity contribution in [3.8, 4) is 11.5 Å². The molecular formula is C20H26ClN3O4. The van der Waals surface area contributed by atoms with Crippen molar-refractivity contribution in [1.82, 2.24) is 10.6 Å². The third kappa shape index (κ3) is 5.87. The highest BCUT2D eigenvalue weighted by molar-refractivity contribution is 5.96. The van der Waals surface area contributed by atoms with E-state index in [4.69, 9.17) is 15.2 Å². The van der Waals surface area contributed by atoms with E-state index < -0.39 is 0 Å². The van der Waals surface area contributed by atoms with Gasteiger partial charge in [0.25, 0.3) is 5.91 Å². The van der Waals surface area contributed by atoms with Crippen molar-refractivity contribution in [2.24, 2.45) is 5.73 Å². The van der Waals surface area contributed by atoms with Gasteiger partial charge in [-0.15, -0.1) is 12.4 Å². The van der Waals surface area contributed by atoms with Crippen molar-refractivity contribution in [2.45, 2.75) is 19.5 Å². The van der Waals surface area contributed by atoms with Crippen LogP contribution in [0.1, 0.15) is 34.5 Å². The van der Waals surface area contributed by atoms with Gasteiger partial charge in [0.2, 0.25) is 5.91 Å². The van der Waals surface area contributed by atoms with Gasteiger partial charge >= 0.3 is 0 Å². The minimum absolute atomic E-state index is 0. The second kappa shape index (κ2) is 11.2. The molecule has 2 aromatic carbocycles. The van der Waals surface area contributed by atoms with Crippen molar-refractivity contribution in [3.63, 3.8) is 0 Å². The van der Waals surface area contributed by atoms with Gasteiger partial charge in [0.1, 0.15) is 0 Å². The molecule has 28 heavy (non-hydrogen) atoms. The fraction of sp³-hybridized carbons (Fsp3) is 0.300. The summed E-state index contributed by atoms with van der Waals surface area (Å²) in [6, 6.07) is 12.4. The maximum Gasteiger partial charge on any atom is 0.252 e. The third-order valence-corrected chi connectivity index (χ3v) is 4.18. The van der Waals surface area contributed by atoms with Crippen LogP contribution in [0.2, 0.25) is 0 Å². The number of ether oxygens (including phenoxy) is 2. The number of rotatable bonds is 8. The first kappa shape index (κ1) is 23.3. The molecule has 0 spiro atoms. The van der Waals surface area contributed by atoms with Crippen molar-refractivity contribution in [3.05, 3.63) is 59.2 Å². The monoisotopic (exact) mass is 407 g/mol. The summed E-state index contributed by atoms with van der Waals surface area (Å²) in [5.74, 6) is 0.723. The number of hydrogen-bond acceptors (Lipinski definition) is 5. The van der Waals surface area contributed by atoms with Crippen LogP contribution >= 0.6 is 12.4 Å². The van der Waals surface area contributed by atoms with Gasteiger partial charge in [0.05, 0.1) is 26.8 Å². The molecule has 0 radical (unpaired) electrons. The predicted octanol–water partition coefficient (Wildman–Crippen LogP) is 2.19. The van der Waals surface area contributed by atoms with E-state index in [0.717, 1.165) is 11.1 Å². The predicted molar refractivity (Wildman–Crippen MR) is 110 cm³/mol. The van der Waals surface area contributed by atoms with Gasteiger partial charge in [0.15, 0.2) is 11.5 Å². The minimum atomic E-state index is -0.274. The van der Waals surface area contributed by atoms with E-state index in [1.165, 1.54) is 0 Å². The summed E-state index contributed by atoms with van der Waals surface area (Å²) < 4.78 is 10.5. The van der Waals surface area contributed by atoms with Gasteiger partial charge in [0, 0.05) is 12.1 Å². The van der Waals surface area contributed by atoms with Gasteiger partial charge in [-0.25, -0.2) is 0 Å². The summed E-state index contributed by atoms with van der Waals surface area (Å²) in [5, 5.41) is 5.65. The molecule has 0 saturated carbocycles. The Morgan fingerprint density at radius 3 is 2.39 bits per heavy atom. The SMILES string of the molecule is COc1ccc(C(C)NC(=O)c2ccccc2CNC(=O)CN)cc1OC.Cl. The number of benzene rings is 2. The van der Waals surface area contributed by atoms with Crippen molar-refractivity contribution >= 4 is 24.2 Å². The highest BCUT2D eigenvalue weighted by Gasteiger charge is 2.16. The zero-order valence-corrected chi connectivity index (χ0v) is 17.0. The first-order valence-electron chi connectivity index (χ1n) is 8.57. The number of nitrogens with two attached hydrogens (primary N) is 1. The van der Waals surface area contributed by atoms with Crippen LogP contribution in [-0.2, 0) is 11.3 Å². The van der Waals surface area contributed by atoms with E-state index >= 15 is 0 Å². The summed E-state index contributed by atoms with van der Waals surface area (Å²) in [5.41, 5.74) is 7.40. The lowest BCUT2D eigenvalue weighted by molar-refractivity contribution is -0.119. The maximum absolute atomic E-state index is 12.7. The van der Waals surface area contributed by atoms with Gasteiger partial charge < -0.3 is 25.8 Å². The number of carbonyl (C=O) groups is 2. The molecule has 0 aliphatic heterocycles. The Morgan fingerprint density at radius 1 is 1.07 bits per heavy atom. The van der Waals surface area contributed by atoms with Gasteiger partial charge in [-0.2, -0.15) is 0 Å². The summed E-state index contributed by atoms with van der Waals surface area (Å²) in [7, 11) is 3.14. The zero-order chi connectivity index (χ0) is 19.8. The summed E-state index contributed by atoms with van der Waals surface area (Å²) in [6.07, 6.45) is 0. The summed E-state index contributed by atoms with van der Waals surface area (Å²) >= 11 is 0. The first-order chi connectivity index (χ1) is 13.0. The van der Waals surface area contributed by atoms with E-state index in [2.05, 4.69) is 10.6 Å². The van der Waals surface area contributed by atoms with Crippen LogP contribution in [0.3, 0.4) is 0 Å². The average Bonchev–Trinajstić information content (AvgIpc) is 2.71. The fourth-order valence-electron chi connectivity index (χ4n) is 2.64. The van der Waals surface area contributed by atoms with Gasteiger partial charge in [-0.1, -0.05) is 24.3 Å². The lowest BCUT2D eigenvalue weighted by Crippen LogP contribution is -2.32. The lowest BCUT2D eigenvalue weighted by Gasteiger charge is -2.18. The van der Waals surface area contributed by atoms with E-state index in [1.807, 2.05) is 25.1 Å².